The number of hydrogen-bond acceptors (Lipinski definition) is 4. The minimum atomic E-state index is -0.542. The van der Waals surface area contributed by atoms with Crippen LogP contribution in [-0.4, -0.2) is 29.3 Å². The number of nitrogens with zero attached hydrogens (tertiary/aromatic N) is 1. The molecular weight excluding hydrogens is 170 g/mol. The predicted molar refractivity (Wildman–Crippen MR) is 46.9 cm³/mol. The number of aromatic amines is 1. The van der Waals surface area contributed by atoms with Gasteiger partial charge in [-0.25, -0.2) is 0 Å². The van der Waals surface area contributed by atoms with Crippen LogP contribution in [0.3, 0.4) is 0 Å². The molecule has 0 spiro atoms. The maximum absolute atomic E-state index is 10.9. The molecule has 1 rings (SSSR count). The summed E-state index contributed by atoms with van der Waals surface area (Å²) in [6.45, 7) is 0. The van der Waals surface area contributed by atoms with Crippen molar-refractivity contribution in [3.63, 3.8) is 0 Å². The largest absolute Gasteiger partial charge is 0.468 e. The number of carbonyl (C=O) groups excluding carboxylic acids is 1. The second-order valence-electron chi connectivity index (χ2n) is 2.77. The van der Waals surface area contributed by atoms with Crippen molar-refractivity contribution in [1.29, 1.82) is 0 Å². The van der Waals surface area contributed by atoms with Crippen LogP contribution in [0.15, 0.2) is 12.4 Å². The summed E-state index contributed by atoms with van der Waals surface area (Å²) in [5.74, 6) is -0.372. The molecule has 13 heavy (non-hydrogen) atoms. The Balaban J connectivity index is 2.30. The highest BCUT2D eigenvalue weighted by Gasteiger charge is 2.13. The molecule has 1 unspecified atom stereocenters. The van der Waals surface area contributed by atoms with Crippen molar-refractivity contribution >= 4 is 5.97 Å². The molecule has 0 aromatic carbocycles. The maximum atomic E-state index is 10.9. The van der Waals surface area contributed by atoms with Crippen LogP contribution in [0.2, 0.25) is 0 Å². The van der Waals surface area contributed by atoms with Gasteiger partial charge in [0.05, 0.1) is 13.3 Å². The summed E-state index contributed by atoms with van der Waals surface area (Å²) in [5.41, 5.74) is 6.58. The van der Waals surface area contributed by atoms with E-state index in [1.807, 2.05) is 0 Å². The first-order valence-corrected chi connectivity index (χ1v) is 4.05. The molecule has 1 aromatic heterocycles. The first-order valence-electron chi connectivity index (χ1n) is 4.05. The predicted octanol–water partition coefficient (Wildman–Crippen LogP) is -0.157. The number of H-pyrrole nitrogens is 1. The molecule has 0 aliphatic heterocycles. The number of esters is 1. The van der Waals surface area contributed by atoms with Gasteiger partial charge in [0.1, 0.15) is 6.04 Å². The van der Waals surface area contributed by atoms with E-state index in [4.69, 9.17) is 5.73 Å². The van der Waals surface area contributed by atoms with Crippen LogP contribution in [0.25, 0.3) is 0 Å². The molecule has 0 radical (unpaired) electrons. The van der Waals surface area contributed by atoms with Crippen molar-refractivity contribution in [3.05, 3.63) is 18.0 Å². The molecule has 0 saturated carbocycles. The zero-order valence-corrected chi connectivity index (χ0v) is 7.49. The highest BCUT2D eigenvalue weighted by molar-refractivity contribution is 5.75. The SMILES string of the molecule is COC(=O)C(N)CCc1cn[nH]c1. The summed E-state index contributed by atoms with van der Waals surface area (Å²) in [4.78, 5) is 10.9. The van der Waals surface area contributed by atoms with Crippen LogP contribution in [0.1, 0.15) is 12.0 Å². The first kappa shape index (κ1) is 9.73. The van der Waals surface area contributed by atoms with Crippen LogP contribution >= 0.6 is 0 Å². The smallest absolute Gasteiger partial charge is 0.322 e. The van der Waals surface area contributed by atoms with Crippen molar-refractivity contribution in [2.24, 2.45) is 5.73 Å². The summed E-state index contributed by atoms with van der Waals surface area (Å²) in [6.07, 6.45) is 4.80. The normalized spacial score (nSPS) is 12.5. The Morgan fingerprint density at radius 3 is 3.15 bits per heavy atom. The number of rotatable bonds is 4. The fourth-order valence-corrected chi connectivity index (χ4v) is 1.01. The molecule has 0 aliphatic carbocycles. The lowest BCUT2D eigenvalue weighted by Gasteiger charge is -2.07. The lowest BCUT2D eigenvalue weighted by Crippen LogP contribution is -2.31. The molecule has 0 aliphatic rings. The summed E-state index contributed by atoms with van der Waals surface area (Å²) in [6, 6.07) is -0.542. The topological polar surface area (TPSA) is 81.0 Å². The average molecular weight is 183 g/mol. The van der Waals surface area contributed by atoms with Gasteiger partial charge >= 0.3 is 5.97 Å². The fourth-order valence-electron chi connectivity index (χ4n) is 1.01. The Morgan fingerprint density at radius 1 is 1.85 bits per heavy atom. The van der Waals surface area contributed by atoms with Crippen LogP contribution in [-0.2, 0) is 16.0 Å². The number of hydrogen-bond donors (Lipinski definition) is 2. The van der Waals surface area contributed by atoms with Gasteiger partial charge in [-0.1, -0.05) is 0 Å². The Hall–Kier alpha value is -1.36. The van der Waals surface area contributed by atoms with Gasteiger partial charge in [0.15, 0.2) is 0 Å². The fraction of sp³-hybridized carbons (Fsp3) is 0.500. The molecule has 5 nitrogen and oxygen atoms in total. The summed E-state index contributed by atoms with van der Waals surface area (Å²) < 4.78 is 4.49. The second kappa shape index (κ2) is 4.61. The zero-order chi connectivity index (χ0) is 9.68. The average Bonchev–Trinajstić information content (AvgIpc) is 2.65. The summed E-state index contributed by atoms with van der Waals surface area (Å²) in [7, 11) is 1.33. The third kappa shape index (κ3) is 2.87. The monoisotopic (exact) mass is 183 g/mol. The Morgan fingerprint density at radius 2 is 2.62 bits per heavy atom. The van der Waals surface area contributed by atoms with E-state index in [0.29, 0.717) is 6.42 Å². The molecule has 1 aromatic rings. The number of methoxy groups -OCH3 is 1. The third-order valence-electron chi connectivity index (χ3n) is 1.80. The molecule has 5 heteroatoms. The number of nitrogens with two attached hydrogens (primary N) is 1. The Kier molecular flexibility index (Phi) is 3.45. The van der Waals surface area contributed by atoms with Gasteiger partial charge in [-0.2, -0.15) is 5.10 Å². The zero-order valence-electron chi connectivity index (χ0n) is 7.49. The minimum Gasteiger partial charge on any atom is -0.468 e. The van der Waals surface area contributed by atoms with E-state index in [1.54, 1.807) is 12.4 Å². The van der Waals surface area contributed by atoms with Gasteiger partial charge in [-0.15, -0.1) is 0 Å². The number of aromatic nitrogens is 2. The van der Waals surface area contributed by atoms with Crippen LogP contribution < -0.4 is 5.73 Å². The van der Waals surface area contributed by atoms with Gasteiger partial charge in [0.25, 0.3) is 0 Å². The molecular formula is C8H13N3O2. The highest BCUT2D eigenvalue weighted by Crippen LogP contribution is 2.01. The van der Waals surface area contributed by atoms with Gasteiger partial charge < -0.3 is 10.5 Å². The quantitative estimate of drug-likeness (QED) is 0.636. The van der Waals surface area contributed by atoms with E-state index in [0.717, 1.165) is 12.0 Å². The van der Waals surface area contributed by atoms with Gasteiger partial charge in [0, 0.05) is 6.20 Å². The van der Waals surface area contributed by atoms with E-state index in [-0.39, 0.29) is 5.97 Å². The Labute approximate surface area is 76.3 Å². The second-order valence-corrected chi connectivity index (χ2v) is 2.77. The van der Waals surface area contributed by atoms with E-state index < -0.39 is 6.04 Å². The number of ether oxygens (including phenoxy) is 1. The van der Waals surface area contributed by atoms with Gasteiger partial charge in [-0.3, -0.25) is 9.89 Å². The Bertz CT molecular complexity index is 258. The summed E-state index contributed by atoms with van der Waals surface area (Å²) >= 11 is 0. The van der Waals surface area contributed by atoms with E-state index in [2.05, 4.69) is 14.9 Å². The van der Waals surface area contributed by atoms with Gasteiger partial charge in [-0.05, 0) is 18.4 Å². The lowest BCUT2D eigenvalue weighted by molar-refractivity contribution is -0.142. The van der Waals surface area contributed by atoms with E-state index in [9.17, 15) is 4.79 Å². The van der Waals surface area contributed by atoms with Crippen molar-refractivity contribution in [2.45, 2.75) is 18.9 Å². The standard InChI is InChI=1S/C8H13N3O2/c1-13-8(12)7(9)3-2-6-4-10-11-5-6/h4-5,7H,2-3,9H2,1H3,(H,10,11). The molecule has 0 amide bonds. The molecule has 72 valence electrons. The third-order valence-corrected chi connectivity index (χ3v) is 1.80. The van der Waals surface area contributed by atoms with Crippen LogP contribution in [0.5, 0.6) is 0 Å². The van der Waals surface area contributed by atoms with E-state index in [1.165, 1.54) is 7.11 Å². The van der Waals surface area contributed by atoms with E-state index >= 15 is 0 Å². The molecule has 0 fully saturated rings. The van der Waals surface area contributed by atoms with Crippen molar-refractivity contribution < 1.29 is 9.53 Å². The number of nitrogens with one attached hydrogen (secondary N) is 1. The lowest BCUT2D eigenvalue weighted by atomic mass is 10.1. The minimum absolute atomic E-state index is 0.372. The highest BCUT2D eigenvalue weighted by atomic mass is 16.5. The van der Waals surface area contributed by atoms with Crippen molar-refractivity contribution in [1.82, 2.24) is 10.2 Å². The number of carbonyl (C=O) groups is 1. The molecule has 1 heterocycles. The molecule has 0 bridgehead atoms. The van der Waals surface area contributed by atoms with Crippen LogP contribution in [0, 0.1) is 0 Å². The molecule has 1 atom stereocenters. The van der Waals surface area contributed by atoms with Crippen molar-refractivity contribution in [3.8, 4) is 0 Å². The first-order chi connectivity index (χ1) is 6.24. The summed E-state index contributed by atoms with van der Waals surface area (Å²) in [5, 5.41) is 6.47. The van der Waals surface area contributed by atoms with Crippen molar-refractivity contribution in [2.75, 3.05) is 7.11 Å². The van der Waals surface area contributed by atoms with Gasteiger partial charge in [0.2, 0.25) is 0 Å². The number of aryl methyl sites for hydroxylation is 1. The molecule has 3 N–H and O–H groups in total. The van der Waals surface area contributed by atoms with Crippen LogP contribution in [0.4, 0.5) is 0 Å². The molecule has 0 saturated heterocycles. The maximum Gasteiger partial charge on any atom is 0.322 e.